The fourth-order valence-electron chi connectivity index (χ4n) is 1.53. The molecule has 1 aromatic heterocycles. The van der Waals surface area contributed by atoms with E-state index in [4.69, 9.17) is 10.3 Å². The lowest BCUT2D eigenvalue weighted by Crippen LogP contribution is -2.15. The largest absolute Gasteiger partial charge is 0.431 e. The normalized spacial score (nSPS) is 11.1. The zero-order chi connectivity index (χ0) is 15.6. The molecule has 0 saturated heterocycles. The first kappa shape index (κ1) is 14.7. The Balaban J connectivity index is 2.38. The van der Waals surface area contributed by atoms with E-state index in [-0.39, 0.29) is 22.3 Å². The third kappa shape index (κ3) is 3.09. The van der Waals surface area contributed by atoms with Crippen LogP contribution in [0.5, 0.6) is 0 Å². The molecule has 10 nitrogen and oxygen atoms in total. The summed E-state index contributed by atoms with van der Waals surface area (Å²) in [6.45, 7) is 1.63. The lowest BCUT2D eigenvalue weighted by Gasteiger charge is -2.07. The number of nitrogen functional groups attached to an aromatic ring is 1. The van der Waals surface area contributed by atoms with Crippen molar-refractivity contribution in [3.8, 4) is 0 Å². The Morgan fingerprint density at radius 3 is 2.67 bits per heavy atom. The summed E-state index contributed by atoms with van der Waals surface area (Å²) in [4.78, 5) is 13.7. The summed E-state index contributed by atoms with van der Waals surface area (Å²) in [5.41, 5.74) is 2.11. The maximum atomic E-state index is 12.1. The van der Waals surface area contributed by atoms with Crippen LogP contribution in [0.25, 0.3) is 0 Å². The first-order valence-corrected chi connectivity index (χ1v) is 7.02. The van der Waals surface area contributed by atoms with Crippen LogP contribution in [0, 0.1) is 17.0 Å². The predicted molar refractivity (Wildman–Crippen MR) is 73.0 cm³/mol. The van der Waals surface area contributed by atoms with E-state index in [1.807, 2.05) is 0 Å². The Morgan fingerprint density at radius 1 is 1.43 bits per heavy atom. The van der Waals surface area contributed by atoms with E-state index in [1.54, 1.807) is 6.92 Å². The zero-order valence-corrected chi connectivity index (χ0v) is 11.5. The van der Waals surface area contributed by atoms with Crippen molar-refractivity contribution in [3.63, 3.8) is 0 Å². The standard InChI is InChI=1S/C10H11N5O5S/c1-6-5-20-10(12-6)14-21(18,19)7-2-3-9(15(16)17)8(4-7)13-11/h2-5,13H,11H2,1H3,(H,12,14). The summed E-state index contributed by atoms with van der Waals surface area (Å²) < 4.78 is 31.2. The highest BCUT2D eigenvalue weighted by atomic mass is 32.2. The smallest absolute Gasteiger partial charge is 0.309 e. The van der Waals surface area contributed by atoms with Crippen LogP contribution in [0.15, 0.2) is 33.8 Å². The number of nitro benzene ring substituents is 1. The fraction of sp³-hybridized carbons (Fsp3) is 0.100. The topological polar surface area (TPSA) is 153 Å². The molecule has 0 aliphatic carbocycles. The monoisotopic (exact) mass is 313 g/mol. The van der Waals surface area contributed by atoms with E-state index in [0.29, 0.717) is 5.69 Å². The minimum absolute atomic E-state index is 0.133. The van der Waals surface area contributed by atoms with Crippen LogP contribution in [0.2, 0.25) is 0 Å². The minimum atomic E-state index is -4.00. The molecule has 0 aliphatic heterocycles. The van der Waals surface area contributed by atoms with Gasteiger partial charge in [0.2, 0.25) is 0 Å². The Bertz CT molecular complexity index is 785. The second-order valence-corrected chi connectivity index (χ2v) is 5.66. The molecule has 0 bridgehead atoms. The summed E-state index contributed by atoms with van der Waals surface area (Å²) in [6.07, 6.45) is 1.28. The van der Waals surface area contributed by atoms with Crippen molar-refractivity contribution >= 4 is 27.4 Å². The molecule has 1 heterocycles. The average molecular weight is 313 g/mol. The molecular weight excluding hydrogens is 302 g/mol. The van der Waals surface area contributed by atoms with Crippen molar-refractivity contribution < 1.29 is 17.8 Å². The van der Waals surface area contributed by atoms with Crippen molar-refractivity contribution in [2.24, 2.45) is 5.84 Å². The molecule has 1 aromatic carbocycles. The number of benzene rings is 1. The highest BCUT2D eigenvalue weighted by molar-refractivity contribution is 7.92. The SMILES string of the molecule is Cc1coc(NS(=O)(=O)c2ccc([N+](=O)[O-])c(NN)c2)n1. The van der Waals surface area contributed by atoms with Crippen LogP contribution in [-0.2, 0) is 10.0 Å². The van der Waals surface area contributed by atoms with E-state index in [0.717, 1.165) is 18.2 Å². The number of hydrazine groups is 1. The van der Waals surface area contributed by atoms with Crippen LogP contribution in [0.4, 0.5) is 17.4 Å². The molecule has 21 heavy (non-hydrogen) atoms. The van der Waals surface area contributed by atoms with Gasteiger partial charge in [0.1, 0.15) is 12.0 Å². The van der Waals surface area contributed by atoms with Gasteiger partial charge in [0.25, 0.3) is 15.7 Å². The molecule has 0 atom stereocenters. The summed E-state index contributed by atoms with van der Waals surface area (Å²) in [6, 6.07) is 2.95. The molecule has 0 radical (unpaired) electrons. The third-order valence-corrected chi connectivity index (χ3v) is 3.79. The van der Waals surface area contributed by atoms with Crippen molar-refractivity contribution in [1.82, 2.24) is 4.98 Å². The van der Waals surface area contributed by atoms with Gasteiger partial charge in [0.05, 0.1) is 15.5 Å². The van der Waals surface area contributed by atoms with E-state index in [1.165, 1.54) is 6.26 Å². The Hall–Kier alpha value is -2.66. The lowest BCUT2D eigenvalue weighted by atomic mass is 10.3. The van der Waals surface area contributed by atoms with Crippen LogP contribution in [-0.4, -0.2) is 18.3 Å². The summed E-state index contributed by atoms with van der Waals surface area (Å²) in [5.74, 6) is 5.16. The number of aryl methyl sites for hydroxylation is 1. The number of hydrogen-bond acceptors (Lipinski definition) is 8. The highest BCUT2D eigenvalue weighted by Crippen LogP contribution is 2.27. The highest BCUT2D eigenvalue weighted by Gasteiger charge is 2.21. The number of nitro groups is 1. The Kier molecular flexibility index (Phi) is 3.78. The maximum absolute atomic E-state index is 12.1. The van der Waals surface area contributed by atoms with E-state index < -0.39 is 14.9 Å². The number of aromatic nitrogens is 1. The third-order valence-electron chi connectivity index (χ3n) is 2.47. The lowest BCUT2D eigenvalue weighted by molar-refractivity contribution is -0.384. The van der Waals surface area contributed by atoms with Crippen molar-refractivity contribution in [2.45, 2.75) is 11.8 Å². The predicted octanol–water partition coefficient (Wildman–Crippen LogP) is 0.978. The first-order chi connectivity index (χ1) is 9.83. The van der Waals surface area contributed by atoms with Gasteiger partial charge in [-0.15, -0.1) is 0 Å². The summed E-state index contributed by atoms with van der Waals surface area (Å²) >= 11 is 0. The van der Waals surface area contributed by atoms with Gasteiger partial charge in [0.15, 0.2) is 0 Å². The van der Waals surface area contributed by atoms with Gasteiger partial charge in [0, 0.05) is 6.07 Å². The second-order valence-electron chi connectivity index (χ2n) is 3.98. The van der Waals surface area contributed by atoms with E-state index >= 15 is 0 Å². The Labute approximate surface area is 119 Å². The Morgan fingerprint density at radius 2 is 2.14 bits per heavy atom. The van der Waals surface area contributed by atoms with Gasteiger partial charge in [-0.2, -0.15) is 4.98 Å². The summed E-state index contributed by atoms with van der Waals surface area (Å²) in [7, 11) is -4.00. The fourth-order valence-corrected chi connectivity index (χ4v) is 2.49. The second kappa shape index (κ2) is 5.38. The molecule has 2 rings (SSSR count). The molecule has 4 N–H and O–H groups in total. The van der Waals surface area contributed by atoms with Crippen LogP contribution in [0.1, 0.15) is 5.69 Å². The van der Waals surface area contributed by atoms with Gasteiger partial charge in [-0.25, -0.2) is 13.1 Å². The maximum Gasteiger partial charge on any atom is 0.309 e. The van der Waals surface area contributed by atoms with Gasteiger partial charge in [-0.05, 0) is 19.1 Å². The molecule has 0 unspecified atom stereocenters. The molecule has 11 heteroatoms. The zero-order valence-electron chi connectivity index (χ0n) is 10.7. The number of nitrogens with two attached hydrogens (primary N) is 1. The van der Waals surface area contributed by atoms with E-state index in [2.05, 4.69) is 15.1 Å². The number of hydrogen-bond donors (Lipinski definition) is 3. The number of nitrogens with zero attached hydrogens (tertiary/aromatic N) is 2. The van der Waals surface area contributed by atoms with Crippen molar-refractivity contribution in [2.75, 3.05) is 10.1 Å². The number of nitrogens with one attached hydrogen (secondary N) is 2. The van der Waals surface area contributed by atoms with Crippen LogP contribution in [0.3, 0.4) is 0 Å². The van der Waals surface area contributed by atoms with Crippen molar-refractivity contribution in [3.05, 3.63) is 40.3 Å². The van der Waals surface area contributed by atoms with Gasteiger partial charge < -0.3 is 9.84 Å². The molecule has 112 valence electrons. The van der Waals surface area contributed by atoms with Gasteiger partial charge in [-0.3, -0.25) is 16.0 Å². The quantitative estimate of drug-likeness (QED) is 0.419. The number of anilines is 2. The molecular formula is C10H11N5O5S. The number of oxazole rings is 1. The first-order valence-electron chi connectivity index (χ1n) is 5.53. The molecule has 0 aliphatic rings. The molecule has 2 aromatic rings. The van der Waals surface area contributed by atoms with Crippen LogP contribution >= 0.6 is 0 Å². The van der Waals surface area contributed by atoms with Crippen LogP contribution < -0.4 is 16.0 Å². The molecule has 0 saturated carbocycles. The average Bonchev–Trinajstić information content (AvgIpc) is 2.82. The van der Waals surface area contributed by atoms with Crippen molar-refractivity contribution in [1.29, 1.82) is 0 Å². The van der Waals surface area contributed by atoms with Gasteiger partial charge >= 0.3 is 6.01 Å². The molecule has 0 fully saturated rings. The number of rotatable bonds is 5. The molecule has 0 spiro atoms. The molecule has 0 amide bonds. The minimum Gasteiger partial charge on any atom is -0.431 e. The van der Waals surface area contributed by atoms with E-state index in [9.17, 15) is 18.5 Å². The summed E-state index contributed by atoms with van der Waals surface area (Å²) in [5, 5.41) is 10.8. The number of sulfonamides is 1. The van der Waals surface area contributed by atoms with Gasteiger partial charge in [-0.1, -0.05) is 0 Å².